The minimum Gasteiger partial charge on any atom is -0.478 e. The van der Waals surface area contributed by atoms with Crippen LogP contribution in [0.1, 0.15) is 48.9 Å². The van der Waals surface area contributed by atoms with Gasteiger partial charge in [-0.2, -0.15) is 0 Å². The molecule has 1 heterocycles. The summed E-state index contributed by atoms with van der Waals surface area (Å²) < 4.78 is 0. The Kier molecular flexibility index (Phi) is 3.88. The molecule has 1 aliphatic carbocycles. The Hall–Kier alpha value is -1.22. The van der Waals surface area contributed by atoms with Crippen molar-refractivity contribution < 1.29 is 9.90 Å². The number of carboxylic acid groups (broad SMARTS) is 1. The number of hydrogen-bond acceptors (Lipinski definition) is 2. The molecule has 1 aromatic carbocycles. The number of anilines is 1. The van der Waals surface area contributed by atoms with Gasteiger partial charge in [-0.15, -0.1) is 0 Å². The first-order chi connectivity index (χ1) is 9.66. The van der Waals surface area contributed by atoms with E-state index in [1.807, 2.05) is 6.07 Å². The lowest BCUT2D eigenvalue weighted by atomic mass is 9.78. The Balaban J connectivity index is 1.96. The minimum atomic E-state index is -0.888. The zero-order chi connectivity index (χ0) is 14.1. The van der Waals surface area contributed by atoms with Gasteiger partial charge in [-0.1, -0.05) is 24.4 Å². The van der Waals surface area contributed by atoms with E-state index < -0.39 is 5.97 Å². The molecule has 4 heteroatoms. The third-order valence-corrected chi connectivity index (χ3v) is 4.98. The zero-order valence-electron chi connectivity index (χ0n) is 11.5. The molecule has 2 fully saturated rings. The molecule has 3 rings (SSSR count). The molecule has 1 aliphatic heterocycles. The number of hydrogen-bond donors (Lipinski definition) is 1. The summed E-state index contributed by atoms with van der Waals surface area (Å²) in [6, 6.07) is 5.77. The van der Waals surface area contributed by atoms with Crippen LogP contribution in [-0.2, 0) is 0 Å². The fourth-order valence-electron chi connectivity index (χ4n) is 3.85. The average Bonchev–Trinajstić information content (AvgIpc) is 2.46. The number of benzene rings is 1. The van der Waals surface area contributed by atoms with E-state index in [1.165, 1.54) is 32.1 Å². The molecule has 0 amide bonds. The van der Waals surface area contributed by atoms with Crippen molar-refractivity contribution in [2.24, 2.45) is 5.92 Å². The SMILES string of the molecule is O=C(O)c1cc(Cl)ccc1N1CCC[C@H]2CCCC[C@H]21. The fourth-order valence-corrected chi connectivity index (χ4v) is 4.03. The maximum Gasteiger partial charge on any atom is 0.337 e. The van der Waals surface area contributed by atoms with Gasteiger partial charge >= 0.3 is 5.97 Å². The van der Waals surface area contributed by atoms with Gasteiger partial charge in [-0.05, 0) is 49.8 Å². The van der Waals surface area contributed by atoms with Crippen molar-refractivity contribution in [2.45, 2.75) is 44.6 Å². The van der Waals surface area contributed by atoms with Crippen molar-refractivity contribution in [3.8, 4) is 0 Å². The molecule has 0 bridgehead atoms. The quantitative estimate of drug-likeness (QED) is 0.888. The Labute approximate surface area is 124 Å². The minimum absolute atomic E-state index is 0.337. The van der Waals surface area contributed by atoms with Crippen LogP contribution in [0.2, 0.25) is 5.02 Å². The van der Waals surface area contributed by atoms with E-state index >= 15 is 0 Å². The molecule has 1 saturated carbocycles. The molecule has 1 saturated heterocycles. The second-order valence-electron chi connectivity index (χ2n) is 5.91. The van der Waals surface area contributed by atoms with Gasteiger partial charge in [0.2, 0.25) is 0 Å². The molecule has 1 N–H and O–H groups in total. The first-order valence-corrected chi connectivity index (χ1v) is 7.84. The topological polar surface area (TPSA) is 40.5 Å². The number of piperidine rings is 1. The molecule has 3 nitrogen and oxygen atoms in total. The highest BCUT2D eigenvalue weighted by molar-refractivity contribution is 6.31. The first kappa shape index (κ1) is 13.7. The molecule has 20 heavy (non-hydrogen) atoms. The Bertz CT molecular complexity index is 515. The maximum absolute atomic E-state index is 11.5. The number of aromatic carboxylic acids is 1. The van der Waals surface area contributed by atoms with Crippen LogP contribution in [0.4, 0.5) is 5.69 Å². The van der Waals surface area contributed by atoms with Crippen LogP contribution in [0, 0.1) is 5.92 Å². The van der Waals surface area contributed by atoms with Crippen molar-refractivity contribution in [2.75, 3.05) is 11.4 Å². The molecule has 108 valence electrons. The van der Waals surface area contributed by atoms with Gasteiger partial charge in [0, 0.05) is 17.6 Å². The molecule has 0 aromatic heterocycles. The highest BCUT2D eigenvalue weighted by Gasteiger charge is 2.34. The van der Waals surface area contributed by atoms with Gasteiger partial charge < -0.3 is 10.0 Å². The van der Waals surface area contributed by atoms with E-state index in [4.69, 9.17) is 11.6 Å². The van der Waals surface area contributed by atoms with E-state index in [9.17, 15) is 9.90 Å². The van der Waals surface area contributed by atoms with E-state index in [-0.39, 0.29) is 0 Å². The predicted octanol–water partition coefficient (Wildman–Crippen LogP) is 4.20. The van der Waals surface area contributed by atoms with Crippen molar-refractivity contribution in [1.29, 1.82) is 0 Å². The van der Waals surface area contributed by atoms with Crippen LogP contribution < -0.4 is 4.90 Å². The smallest absolute Gasteiger partial charge is 0.337 e. The van der Waals surface area contributed by atoms with Gasteiger partial charge in [-0.25, -0.2) is 4.79 Å². The summed E-state index contributed by atoms with van der Waals surface area (Å²) in [6.07, 6.45) is 7.50. The first-order valence-electron chi connectivity index (χ1n) is 7.46. The summed E-state index contributed by atoms with van der Waals surface area (Å²) in [4.78, 5) is 13.8. The van der Waals surface area contributed by atoms with Crippen LogP contribution in [0.5, 0.6) is 0 Å². The number of halogens is 1. The van der Waals surface area contributed by atoms with Gasteiger partial charge in [0.25, 0.3) is 0 Å². The normalized spacial score (nSPS) is 26.1. The monoisotopic (exact) mass is 293 g/mol. The summed E-state index contributed by atoms with van der Waals surface area (Å²) in [5.74, 6) is -0.157. The lowest BCUT2D eigenvalue weighted by Crippen LogP contribution is -2.47. The number of fused-ring (bicyclic) bond motifs is 1. The molecule has 0 unspecified atom stereocenters. The molecule has 1 aromatic rings. The molecule has 0 radical (unpaired) electrons. The van der Waals surface area contributed by atoms with E-state index in [0.717, 1.165) is 24.6 Å². The predicted molar refractivity (Wildman–Crippen MR) is 80.7 cm³/mol. The fraction of sp³-hybridized carbons (Fsp3) is 0.562. The number of nitrogens with zero attached hydrogens (tertiary/aromatic N) is 1. The van der Waals surface area contributed by atoms with Crippen molar-refractivity contribution >= 4 is 23.3 Å². The standard InChI is InChI=1S/C16H20ClNO2/c17-12-7-8-15(13(10-12)16(19)20)18-9-3-5-11-4-1-2-6-14(11)18/h7-8,10-11,14H,1-6,9H2,(H,19,20)/t11-,14-/m1/s1. The Morgan fingerprint density at radius 3 is 2.75 bits per heavy atom. The van der Waals surface area contributed by atoms with Gasteiger partial charge in [0.1, 0.15) is 0 Å². The lowest BCUT2D eigenvalue weighted by Gasteiger charge is -2.45. The highest BCUT2D eigenvalue weighted by Crippen LogP contribution is 2.39. The number of carbonyl (C=O) groups is 1. The summed E-state index contributed by atoms with van der Waals surface area (Å²) >= 11 is 5.96. The van der Waals surface area contributed by atoms with E-state index in [1.54, 1.807) is 12.1 Å². The molecular weight excluding hydrogens is 274 g/mol. The Morgan fingerprint density at radius 1 is 1.20 bits per heavy atom. The van der Waals surface area contributed by atoms with Crippen molar-refractivity contribution in [1.82, 2.24) is 0 Å². The highest BCUT2D eigenvalue weighted by atomic mass is 35.5. The van der Waals surface area contributed by atoms with Gasteiger partial charge in [0.05, 0.1) is 11.3 Å². The molecule has 0 spiro atoms. The van der Waals surface area contributed by atoms with Crippen LogP contribution in [-0.4, -0.2) is 23.7 Å². The van der Waals surface area contributed by atoms with Crippen LogP contribution >= 0.6 is 11.6 Å². The average molecular weight is 294 g/mol. The largest absolute Gasteiger partial charge is 0.478 e. The zero-order valence-corrected chi connectivity index (χ0v) is 12.3. The van der Waals surface area contributed by atoms with Gasteiger partial charge in [-0.3, -0.25) is 0 Å². The molecule has 2 aliphatic rings. The second kappa shape index (κ2) is 5.65. The van der Waals surface area contributed by atoms with Crippen LogP contribution in [0.15, 0.2) is 18.2 Å². The summed E-state index contributed by atoms with van der Waals surface area (Å²) in [5.41, 5.74) is 1.18. The molecular formula is C16H20ClNO2. The van der Waals surface area contributed by atoms with Crippen LogP contribution in [0.3, 0.4) is 0 Å². The van der Waals surface area contributed by atoms with E-state index in [2.05, 4.69) is 4.90 Å². The van der Waals surface area contributed by atoms with Gasteiger partial charge in [0.15, 0.2) is 0 Å². The third-order valence-electron chi connectivity index (χ3n) is 4.74. The summed E-state index contributed by atoms with van der Waals surface area (Å²) in [7, 11) is 0. The van der Waals surface area contributed by atoms with Crippen molar-refractivity contribution in [3.63, 3.8) is 0 Å². The summed E-state index contributed by atoms with van der Waals surface area (Å²) in [5, 5.41) is 9.92. The third kappa shape index (κ3) is 2.51. The maximum atomic E-state index is 11.5. The van der Waals surface area contributed by atoms with Crippen molar-refractivity contribution in [3.05, 3.63) is 28.8 Å². The lowest BCUT2D eigenvalue weighted by molar-refractivity contribution is 0.0697. The molecule has 2 atom stereocenters. The van der Waals surface area contributed by atoms with E-state index in [0.29, 0.717) is 16.6 Å². The Morgan fingerprint density at radius 2 is 1.95 bits per heavy atom. The second-order valence-corrected chi connectivity index (χ2v) is 6.35. The summed E-state index contributed by atoms with van der Waals surface area (Å²) in [6.45, 7) is 0.961. The number of rotatable bonds is 2. The van der Waals surface area contributed by atoms with Crippen LogP contribution in [0.25, 0.3) is 0 Å². The number of carboxylic acids is 1.